The zero-order valence-corrected chi connectivity index (χ0v) is 15.6. The number of carbonyl (C=O) groups excluding carboxylic acids is 1. The first-order valence-electron chi connectivity index (χ1n) is 7.42. The molecule has 2 amide bonds. The quantitative estimate of drug-likeness (QED) is 0.792. The molecule has 2 aliphatic heterocycles. The average molecular weight is 383 g/mol. The summed E-state index contributed by atoms with van der Waals surface area (Å²) >= 11 is 5.27. The second-order valence-electron chi connectivity index (χ2n) is 6.68. The van der Waals surface area contributed by atoms with Crippen molar-refractivity contribution in [3.05, 3.63) is 28.7 Å². The van der Waals surface area contributed by atoms with Gasteiger partial charge in [0.15, 0.2) is 6.04 Å². The van der Waals surface area contributed by atoms with Gasteiger partial charge in [-0.2, -0.15) is 4.58 Å². The number of amides is 2. The minimum absolute atomic E-state index is 0.0124. The predicted octanol–water partition coefficient (Wildman–Crippen LogP) is 3.76. The van der Waals surface area contributed by atoms with Gasteiger partial charge in [-0.15, -0.1) is 11.8 Å². The van der Waals surface area contributed by atoms with Crippen molar-refractivity contribution in [2.75, 3.05) is 0 Å². The molecule has 3 rings (SSSR count). The van der Waals surface area contributed by atoms with E-state index in [1.165, 1.54) is 0 Å². The van der Waals surface area contributed by atoms with E-state index in [1.807, 2.05) is 40.9 Å². The van der Waals surface area contributed by atoms with Gasteiger partial charge in [0.1, 0.15) is 11.1 Å². The van der Waals surface area contributed by atoms with Crippen molar-refractivity contribution >= 4 is 45.2 Å². The van der Waals surface area contributed by atoms with Crippen LogP contribution < -0.4 is 5.73 Å². The Labute approximate surface area is 143 Å². The number of urea groups is 1. The molecule has 0 aromatic heterocycles. The van der Waals surface area contributed by atoms with Crippen LogP contribution in [-0.2, 0) is 0 Å². The molecule has 1 aromatic carbocycles. The van der Waals surface area contributed by atoms with Crippen molar-refractivity contribution in [2.24, 2.45) is 11.7 Å². The smallest absolute Gasteiger partial charge is 0.319 e. The first-order valence-corrected chi connectivity index (χ1v) is 9.09. The summed E-state index contributed by atoms with van der Waals surface area (Å²) in [6, 6.07) is 7.63. The number of rotatable bonds is 2. The van der Waals surface area contributed by atoms with Crippen LogP contribution in [-0.4, -0.2) is 37.5 Å². The second kappa shape index (κ2) is 5.27. The minimum atomic E-state index is -0.0845. The fraction of sp³-hybridized carbons (Fsp3) is 0.500. The van der Waals surface area contributed by atoms with Gasteiger partial charge >= 0.3 is 6.03 Å². The van der Waals surface area contributed by atoms with E-state index in [0.29, 0.717) is 11.8 Å². The van der Waals surface area contributed by atoms with Gasteiger partial charge in [0, 0.05) is 4.47 Å². The molecule has 0 bridgehead atoms. The summed E-state index contributed by atoms with van der Waals surface area (Å²) in [5, 5.41) is 0.159. The lowest BCUT2D eigenvalue weighted by Gasteiger charge is -2.20. The molecule has 2 heterocycles. The summed E-state index contributed by atoms with van der Waals surface area (Å²) in [5.41, 5.74) is 7.24. The SMILES string of the molecule is CC(C)C1SC(C)(C)C2C(N)=[N+](c3ccc(Br)cc3)C(=O)N12. The summed E-state index contributed by atoms with van der Waals surface area (Å²) in [5.74, 6) is 1.02. The molecule has 1 saturated heterocycles. The summed E-state index contributed by atoms with van der Waals surface area (Å²) < 4.78 is 2.56. The van der Waals surface area contributed by atoms with E-state index in [0.717, 1.165) is 10.2 Å². The lowest BCUT2D eigenvalue weighted by Crippen LogP contribution is -2.47. The van der Waals surface area contributed by atoms with Crippen LogP contribution in [0, 0.1) is 5.92 Å². The molecule has 0 spiro atoms. The van der Waals surface area contributed by atoms with Gasteiger partial charge in [0.05, 0.1) is 4.75 Å². The molecule has 22 heavy (non-hydrogen) atoms. The molecule has 0 radical (unpaired) electrons. The number of hydrogen-bond acceptors (Lipinski definition) is 3. The molecule has 4 nitrogen and oxygen atoms in total. The van der Waals surface area contributed by atoms with Crippen LogP contribution in [0.2, 0.25) is 0 Å². The van der Waals surface area contributed by atoms with E-state index in [4.69, 9.17) is 5.73 Å². The predicted molar refractivity (Wildman–Crippen MR) is 94.6 cm³/mol. The number of halogens is 1. The maximum Gasteiger partial charge on any atom is 0.445 e. The Bertz CT molecular complexity index is 654. The number of thioether (sulfide) groups is 1. The molecule has 2 unspecified atom stereocenters. The number of nitrogens with zero attached hydrogens (tertiary/aromatic N) is 2. The van der Waals surface area contributed by atoms with Crippen molar-refractivity contribution in [2.45, 2.75) is 43.9 Å². The van der Waals surface area contributed by atoms with E-state index >= 15 is 0 Å². The molecule has 1 aromatic rings. The first-order chi connectivity index (χ1) is 10.2. The summed E-state index contributed by atoms with van der Waals surface area (Å²) in [4.78, 5) is 15.0. The molecular weight excluding hydrogens is 362 g/mol. The molecular formula is C16H21BrN3OS+. The molecule has 0 saturated carbocycles. The molecule has 6 heteroatoms. The van der Waals surface area contributed by atoms with Crippen LogP contribution in [0.25, 0.3) is 0 Å². The van der Waals surface area contributed by atoms with Gasteiger partial charge in [-0.05, 0) is 44.0 Å². The van der Waals surface area contributed by atoms with Crippen LogP contribution >= 0.6 is 27.7 Å². The van der Waals surface area contributed by atoms with Crippen LogP contribution in [0.1, 0.15) is 27.7 Å². The number of amidine groups is 1. The van der Waals surface area contributed by atoms with Crippen molar-refractivity contribution in [1.29, 1.82) is 0 Å². The van der Waals surface area contributed by atoms with Crippen LogP contribution in [0.4, 0.5) is 10.5 Å². The summed E-state index contributed by atoms with van der Waals surface area (Å²) in [7, 11) is 0. The summed E-state index contributed by atoms with van der Waals surface area (Å²) in [6.45, 7) is 8.65. The first kappa shape index (κ1) is 15.9. The van der Waals surface area contributed by atoms with Crippen molar-refractivity contribution in [1.82, 2.24) is 4.90 Å². The average Bonchev–Trinajstić information content (AvgIpc) is 2.86. The zero-order chi connectivity index (χ0) is 16.2. The van der Waals surface area contributed by atoms with Crippen LogP contribution in [0.15, 0.2) is 28.7 Å². The van der Waals surface area contributed by atoms with Gasteiger partial charge < -0.3 is 5.73 Å². The van der Waals surface area contributed by atoms with Crippen LogP contribution in [0.5, 0.6) is 0 Å². The highest BCUT2D eigenvalue weighted by Gasteiger charge is 2.62. The molecule has 2 atom stereocenters. The molecule has 118 valence electrons. The lowest BCUT2D eigenvalue weighted by molar-refractivity contribution is -0.333. The maximum absolute atomic E-state index is 13.0. The molecule has 2 N–H and O–H groups in total. The molecule has 2 aliphatic rings. The van der Waals surface area contributed by atoms with E-state index in [-0.39, 0.29) is 22.2 Å². The number of nitrogens with two attached hydrogens (primary N) is 1. The largest absolute Gasteiger partial charge is 0.445 e. The summed E-state index contributed by atoms with van der Waals surface area (Å²) in [6.07, 6.45) is 0. The third-order valence-corrected chi connectivity index (χ3v) is 6.61. The Morgan fingerprint density at radius 3 is 2.45 bits per heavy atom. The third kappa shape index (κ3) is 2.27. The maximum atomic E-state index is 13.0. The lowest BCUT2D eigenvalue weighted by atomic mass is 10.0. The van der Waals surface area contributed by atoms with Gasteiger partial charge in [-0.25, -0.2) is 9.69 Å². The number of carbonyl (C=O) groups is 1. The number of benzene rings is 1. The van der Waals surface area contributed by atoms with Crippen molar-refractivity contribution < 1.29 is 9.37 Å². The Morgan fingerprint density at radius 2 is 1.91 bits per heavy atom. The Hall–Kier alpha value is -1.01. The normalized spacial score (nSPS) is 27.0. The third-order valence-electron chi connectivity index (χ3n) is 4.24. The molecule has 0 aliphatic carbocycles. The van der Waals surface area contributed by atoms with Crippen LogP contribution in [0.3, 0.4) is 0 Å². The zero-order valence-electron chi connectivity index (χ0n) is 13.2. The number of hydrogen-bond donors (Lipinski definition) is 1. The van der Waals surface area contributed by atoms with Gasteiger partial charge in [0.25, 0.3) is 0 Å². The van der Waals surface area contributed by atoms with E-state index in [2.05, 4.69) is 43.6 Å². The fourth-order valence-corrected chi connectivity index (χ4v) is 5.13. The number of fused-ring (bicyclic) bond motifs is 1. The Kier molecular flexibility index (Phi) is 3.80. The second-order valence-corrected chi connectivity index (χ2v) is 9.37. The minimum Gasteiger partial charge on any atom is -0.319 e. The van der Waals surface area contributed by atoms with E-state index < -0.39 is 0 Å². The Morgan fingerprint density at radius 1 is 1.32 bits per heavy atom. The van der Waals surface area contributed by atoms with Gasteiger partial charge in [-0.3, -0.25) is 0 Å². The van der Waals surface area contributed by atoms with E-state index in [9.17, 15) is 4.79 Å². The van der Waals surface area contributed by atoms with Crippen molar-refractivity contribution in [3.8, 4) is 0 Å². The Balaban J connectivity index is 2.08. The highest BCUT2D eigenvalue weighted by atomic mass is 79.9. The fourth-order valence-electron chi connectivity index (χ4n) is 3.29. The monoisotopic (exact) mass is 382 g/mol. The highest BCUT2D eigenvalue weighted by Crippen LogP contribution is 2.49. The topological polar surface area (TPSA) is 49.3 Å². The standard InChI is InChI=1S/C16H20BrN3OS/c1-9(2)14-20-12(16(3,4)22-14)13(18)19(15(20)21)11-7-5-10(17)6-8-11/h5-9,12,14,18H,1-4H3/p+1. The van der Waals surface area contributed by atoms with Gasteiger partial charge in [0.2, 0.25) is 5.84 Å². The van der Waals surface area contributed by atoms with E-state index in [1.54, 1.807) is 4.58 Å². The highest BCUT2D eigenvalue weighted by molar-refractivity contribution is 9.10. The molecule has 1 fully saturated rings. The van der Waals surface area contributed by atoms with Gasteiger partial charge in [-0.1, -0.05) is 29.8 Å². The van der Waals surface area contributed by atoms with Crippen molar-refractivity contribution in [3.63, 3.8) is 0 Å².